The fourth-order valence-electron chi connectivity index (χ4n) is 1.66. The van der Waals surface area contributed by atoms with Crippen molar-refractivity contribution in [2.45, 2.75) is 12.3 Å². The van der Waals surface area contributed by atoms with Crippen LogP contribution in [0.3, 0.4) is 0 Å². The molecule has 2 rings (SSSR count). The predicted octanol–water partition coefficient (Wildman–Crippen LogP) is 0.654. The molecule has 1 atom stereocenters. The molecule has 0 aliphatic carbocycles. The minimum Gasteiger partial charge on any atom is -0.316 e. The van der Waals surface area contributed by atoms with Gasteiger partial charge in [-0.1, -0.05) is 5.21 Å². The van der Waals surface area contributed by atoms with E-state index in [9.17, 15) is 0 Å². The molecule has 66 valence electrons. The molecule has 0 amide bonds. The van der Waals surface area contributed by atoms with Crippen LogP contribution in [0.5, 0.6) is 0 Å². The highest BCUT2D eigenvalue weighted by Gasteiger charge is 2.22. The van der Waals surface area contributed by atoms with Gasteiger partial charge in [-0.15, -0.1) is 5.10 Å². The second-order valence-corrected chi connectivity index (χ2v) is 3.83. The monoisotopic (exact) mass is 230 g/mol. The predicted molar refractivity (Wildman–Crippen MR) is 48.9 cm³/mol. The van der Waals surface area contributed by atoms with E-state index < -0.39 is 0 Å². The Morgan fingerprint density at radius 3 is 3.00 bits per heavy atom. The lowest BCUT2D eigenvalue weighted by molar-refractivity contribution is 0.623. The summed E-state index contributed by atoms with van der Waals surface area (Å²) in [6.07, 6.45) is 1.18. The van der Waals surface area contributed by atoms with Gasteiger partial charge in [-0.3, -0.25) is 4.68 Å². The number of nitrogens with zero attached hydrogens (tertiary/aromatic N) is 3. The zero-order chi connectivity index (χ0) is 8.55. The first-order valence-electron chi connectivity index (χ1n) is 4.05. The van der Waals surface area contributed by atoms with E-state index >= 15 is 0 Å². The molecule has 12 heavy (non-hydrogen) atoms. The number of nitrogens with one attached hydrogen (secondary N) is 1. The topological polar surface area (TPSA) is 42.7 Å². The fraction of sp³-hybridized carbons (Fsp3) is 0.714. The molecule has 5 heteroatoms. The summed E-state index contributed by atoms with van der Waals surface area (Å²) in [6.45, 7) is 2.14. The molecule has 1 aromatic rings. The van der Waals surface area contributed by atoms with Gasteiger partial charge in [0.05, 0.1) is 5.69 Å². The Kier molecular flexibility index (Phi) is 2.14. The third kappa shape index (κ3) is 1.27. The average molecular weight is 231 g/mol. The van der Waals surface area contributed by atoms with Crippen LogP contribution in [-0.2, 0) is 7.05 Å². The lowest BCUT2D eigenvalue weighted by Gasteiger charge is -2.07. The van der Waals surface area contributed by atoms with Gasteiger partial charge in [0.15, 0.2) is 4.60 Å². The number of rotatable bonds is 1. The Balaban J connectivity index is 2.30. The number of hydrogen-bond acceptors (Lipinski definition) is 3. The minimum absolute atomic E-state index is 0.569. The van der Waals surface area contributed by atoms with Gasteiger partial charge in [-0.2, -0.15) is 0 Å². The number of aryl methyl sites for hydroxylation is 1. The average Bonchev–Trinajstić information content (AvgIpc) is 2.61. The third-order valence-electron chi connectivity index (χ3n) is 2.27. The van der Waals surface area contributed by atoms with Gasteiger partial charge in [0.2, 0.25) is 0 Å². The van der Waals surface area contributed by atoms with Gasteiger partial charge in [-0.25, -0.2) is 0 Å². The first-order valence-corrected chi connectivity index (χ1v) is 4.84. The van der Waals surface area contributed by atoms with Gasteiger partial charge in [0.25, 0.3) is 0 Å². The lowest BCUT2D eigenvalue weighted by Crippen LogP contribution is -2.11. The highest BCUT2D eigenvalue weighted by Crippen LogP contribution is 2.26. The second kappa shape index (κ2) is 3.14. The fourth-order valence-corrected chi connectivity index (χ4v) is 2.31. The Hall–Kier alpha value is -0.420. The largest absolute Gasteiger partial charge is 0.316 e. The van der Waals surface area contributed by atoms with E-state index in [1.807, 2.05) is 11.7 Å². The summed E-state index contributed by atoms with van der Waals surface area (Å²) >= 11 is 3.40. The van der Waals surface area contributed by atoms with Crippen LogP contribution >= 0.6 is 15.9 Å². The molecule has 0 radical (unpaired) electrons. The third-order valence-corrected chi connectivity index (χ3v) is 2.84. The van der Waals surface area contributed by atoms with Crippen molar-refractivity contribution >= 4 is 15.9 Å². The van der Waals surface area contributed by atoms with Crippen LogP contribution in [0.2, 0.25) is 0 Å². The van der Waals surface area contributed by atoms with E-state index in [2.05, 4.69) is 31.6 Å². The maximum atomic E-state index is 3.96. The smallest absolute Gasteiger partial charge is 0.151 e. The van der Waals surface area contributed by atoms with Crippen LogP contribution in [-0.4, -0.2) is 28.1 Å². The molecular weight excluding hydrogens is 220 g/mol. The quantitative estimate of drug-likeness (QED) is 0.771. The number of aromatic nitrogens is 3. The molecule has 0 bridgehead atoms. The molecule has 0 aromatic carbocycles. The Bertz CT molecular complexity index is 257. The van der Waals surface area contributed by atoms with E-state index in [1.165, 1.54) is 12.1 Å². The summed E-state index contributed by atoms with van der Waals surface area (Å²) in [5.41, 5.74) is 1.21. The Morgan fingerprint density at radius 2 is 2.50 bits per heavy atom. The van der Waals surface area contributed by atoms with E-state index in [4.69, 9.17) is 0 Å². The minimum atomic E-state index is 0.569. The number of halogens is 1. The molecule has 1 aromatic heterocycles. The van der Waals surface area contributed by atoms with Crippen LogP contribution < -0.4 is 5.32 Å². The summed E-state index contributed by atoms with van der Waals surface area (Å²) < 4.78 is 2.74. The van der Waals surface area contributed by atoms with Crippen molar-refractivity contribution in [2.75, 3.05) is 13.1 Å². The van der Waals surface area contributed by atoms with Crippen LogP contribution in [0.15, 0.2) is 4.60 Å². The molecule has 4 nitrogen and oxygen atoms in total. The van der Waals surface area contributed by atoms with Crippen LogP contribution in [0.25, 0.3) is 0 Å². The van der Waals surface area contributed by atoms with Crippen LogP contribution in [0.4, 0.5) is 0 Å². The molecule has 1 unspecified atom stereocenters. The van der Waals surface area contributed by atoms with Crippen molar-refractivity contribution in [3.8, 4) is 0 Å². The SMILES string of the molecule is Cn1nnc(Br)c1C1CCNC1. The molecule has 2 heterocycles. The summed E-state index contributed by atoms with van der Waals surface area (Å²) in [6, 6.07) is 0. The standard InChI is InChI=1S/C7H11BrN4/c1-12-6(7(8)10-11-12)5-2-3-9-4-5/h5,9H,2-4H2,1H3. The van der Waals surface area contributed by atoms with Crippen molar-refractivity contribution in [2.24, 2.45) is 7.05 Å². The molecule has 1 saturated heterocycles. The van der Waals surface area contributed by atoms with E-state index in [1.54, 1.807) is 0 Å². The van der Waals surface area contributed by atoms with Crippen LogP contribution in [0.1, 0.15) is 18.0 Å². The van der Waals surface area contributed by atoms with E-state index in [-0.39, 0.29) is 0 Å². The van der Waals surface area contributed by atoms with Gasteiger partial charge in [0.1, 0.15) is 0 Å². The first-order chi connectivity index (χ1) is 5.79. The second-order valence-electron chi connectivity index (χ2n) is 3.08. The maximum Gasteiger partial charge on any atom is 0.151 e. The van der Waals surface area contributed by atoms with E-state index in [0.717, 1.165) is 17.7 Å². The lowest BCUT2D eigenvalue weighted by atomic mass is 10.1. The molecule has 0 spiro atoms. The normalized spacial score (nSPS) is 23.3. The molecule has 1 aliphatic heterocycles. The summed E-state index contributed by atoms with van der Waals surface area (Å²) in [4.78, 5) is 0. The first kappa shape index (κ1) is 8.19. The van der Waals surface area contributed by atoms with Crippen molar-refractivity contribution < 1.29 is 0 Å². The van der Waals surface area contributed by atoms with Gasteiger partial charge in [-0.05, 0) is 28.9 Å². The van der Waals surface area contributed by atoms with Crippen molar-refractivity contribution in [1.82, 2.24) is 20.3 Å². The van der Waals surface area contributed by atoms with Gasteiger partial charge < -0.3 is 5.32 Å². The summed E-state index contributed by atoms with van der Waals surface area (Å²) in [7, 11) is 1.94. The van der Waals surface area contributed by atoms with Crippen LogP contribution in [0, 0.1) is 0 Å². The molecule has 1 N–H and O–H groups in total. The van der Waals surface area contributed by atoms with Crippen molar-refractivity contribution in [3.05, 3.63) is 10.3 Å². The zero-order valence-corrected chi connectivity index (χ0v) is 8.50. The highest BCUT2D eigenvalue weighted by atomic mass is 79.9. The zero-order valence-electron chi connectivity index (χ0n) is 6.92. The van der Waals surface area contributed by atoms with Gasteiger partial charge >= 0.3 is 0 Å². The van der Waals surface area contributed by atoms with E-state index in [0.29, 0.717) is 5.92 Å². The molecule has 1 fully saturated rings. The number of hydrogen-bond donors (Lipinski definition) is 1. The Labute approximate surface area is 79.5 Å². The van der Waals surface area contributed by atoms with Gasteiger partial charge in [0, 0.05) is 19.5 Å². The molecule has 0 saturated carbocycles. The molecule has 1 aliphatic rings. The maximum absolute atomic E-state index is 3.96. The highest BCUT2D eigenvalue weighted by molar-refractivity contribution is 9.10. The molecular formula is C7H11BrN4. The van der Waals surface area contributed by atoms with Crippen molar-refractivity contribution in [1.29, 1.82) is 0 Å². The van der Waals surface area contributed by atoms with Crippen molar-refractivity contribution in [3.63, 3.8) is 0 Å². The summed E-state index contributed by atoms with van der Waals surface area (Å²) in [5.74, 6) is 0.569. The Morgan fingerprint density at radius 1 is 1.67 bits per heavy atom. The summed E-state index contributed by atoms with van der Waals surface area (Å²) in [5, 5.41) is 11.2.